The first-order chi connectivity index (χ1) is 14.3. The standard InChI is InChI=1S/C19H26N6O4S/c1-23(2)25(27,28)13-8-14(17(20-9-13)24(3)10-12-4-5-12)18(26)22-19-21-15-6-7-29-11-16(15)30-19/h8-9,12,27-28H,4-7,10-11H2,1-3H3/p+1. The first-order valence-corrected chi connectivity index (χ1v) is 10.7. The van der Waals surface area contributed by atoms with Crippen molar-refractivity contribution in [2.75, 3.05) is 44.5 Å². The summed E-state index contributed by atoms with van der Waals surface area (Å²) in [5.41, 5.74) is 1.27. The summed E-state index contributed by atoms with van der Waals surface area (Å²) in [6.45, 7) is 1.93. The van der Waals surface area contributed by atoms with Gasteiger partial charge in [0.1, 0.15) is 5.82 Å². The van der Waals surface area contributed by atoms with E-state index in [1.54, 1.807) is 0 Å². The summed E-state index contributed by atoms with van der Waals surface area (Å²) >= 11 is 1.39. The Morgan fingerprint density at radius 1 is 1.37 bits per heavy atom. The van der Waals surface area contributed by atoms with Crippen molar-refractivity contribution < 1.29 is 19.9 Å². The second kappa shape index (κ2) is 8.17. The Morgan fingerprint density at radius 3 is 2.80 bits per heavy atom. The molecule has 0 spiro atoms. The van der Waals surface area contributed by atoms with E-state index in [0.717, 1.165) is 23.5 Å². The van der Waals surface area contributed by atoms with Crippen LogP contribution < -0.4 is 15.1 Å². The van der Waals surface area contributed by atoms with E-state index in [4.69, 9.17) is 4.74 Å². The van der Waals surface area contributed by atoms with Gasteiger partial charge >= 0.3 is 0 Å². The molecule has 2 aromatic rings. The highest BCUT2D eigenvalue weighted by molar-refractivity contribution is 7.15. The fraction of sp³-hybridized carbons (Fsp3) is 0.526. The lowest BCUT2D eigenvalue weighted by molar-refractivity contribution is -0.388. The molecule has 30 heavy (non-hydrogen) atoms. The number of pyridine rings is 1. The van der Waals surface area contributed by atoms with Gasteiger partial charge in [0.05, 0.1) is 40.5 Å². The molecule has 0 aromatic carbocycles. The molecular formula is C19H27N6O4S+. The maximum absolute atomic E-state index is 13.2. The average molecular weight is 436 g/mol. The highest BCUT2D eigenvalue weighted by Crippen LogP contribution is 2.33. The van der Waals surface area contributed by atoms with Crippen LogP contribution in [-0.4, -0.2) is 65.6 Å². The van der Waals surface area contributed by atoms with E-state index in [1.165, 1.54) is 55.5 Å². The lowest BCUT2D eigenvalue weighted by Gasteiger charge is -2.27. The van der Waals surface area contributed by atoms with E-state index in [1.807, 2.05) is 11.9 Å². The van der Waals surface area contributed by atoms with Crippen LogP contribution in [0.4, 0.5) is 16.6 Å². The molecule has 2 aromatic heterocycles. The number of quaternary nitrogens is 1. The van der Waals surface area contributed by atoms with Crippen molar-refractivity contribution in [3.8, 4) is 0 Å². The fourth-order valence-electron chi connectivity index (χ4n) is 3.33. The molecule has 11 heteroatoms. The van der Waals surface area contributed by atoms with Crippen molar-refractivity contribution in [2.45, 2.75) is 25.9 Å². The summed E-state index contributed by atoms with van der Waals surface area (Å²) in [6.07, 6.45) is 4.44. The number of anilines is 2. The van der Waals surface area contributed by atoms with Gasteiger partial charge in [-0.3, -0.25) is 10.1 Å². The number of carbonyl (C=O) groups excluding carboxylic acids is 1. The van der Waals surface area contributed by atoms with Gasteiger partial charge in [0.15, 0.2) is 5.13 Å². The molecular weight excluding hydrogens is 408 g/mol. The van der Waals surface area contributed by atoms with Gasteiger partial charge in [-0.25, -0.2) is 9.97 Å². The van der Waals surface area contributed by atoms with Crippen molar-refractivity contribution in [3.63, 3.8) is 0 Å². The monoisotopic (exact) mass is 435 g/mol. The minimum Gasteiger partial charge on any atom is -0.375 e. The Morgan fingerprint density at radius 2 is 2.13 bits per heavy atom. The van der Waals surface area contributed by atoms with Crippen molar-refractivity contribution in [1.29, 1.82) is 0 Å². The van der Waals surface area contributed by atoms with Crippen LogP contribution in [0.1, 0.15) is 33.8 Å². The van der Waals surface area contributed by atoms with Crippen LogP contribution in [-0.2, 0) is 17.8 Å². The Balaban J connectivity index is 1.65. The molecule has 10 nitrogen and oxygen atoms in total. The number of amides is 1. The van der Waals surface area contributed by atoms with E-state index in [-0.39, 0.29) is 11.3 Å². The molecule has 0 bridgehead atoms. The Hall–Kier alpha value is -2.15. The number of rotatable bonds is 7. The van der Waals surface area contributed by atoms with E-state index in [9.17, 15) is 15.2 Å². The zero-order chi connectivity index (χ0) is 21.5. The molecule has 0 radical (unpaired) electrons. The maximum Gasteiger partial charge on any atom is 0.261 e. The average Bonchev–Trinajstić information content (AvgIpc) is 3.43. The van der Waals surface area contributed by atoms with Crippen LogP contribution in [0.5, 0.6) is 0 Å². The van der Waals surface area contributed by atoms with Crippen molar-refractivity contribution in [1.82, 2.24) is 19.9 Å². The number of aromatic nitrogens is 2. The number of fused-ring (bicyclic) bond motifs is 1. The van der Waals surface area contributed by atoms with Crippen molar-refractivity contribution in [3.05, 3.63) is 28.4 Å². The van der Waals surface area contributed by atoms with Gasteiger partial charge in [0, 0.05) is 40.2 Å². The Labute approximate surface area is 178 Å². The smallest absolute Gasteiger partial charge is 0.261 e. The SMILES string of the molecule is CN(CC1CC1)c1ncc([N+](O)(O)N(C)C)cc1C(=O)Nc1nc2c(s1)COCC2. The third kappa shape index (κ3) is 4.31. The van der Waals surface area contributed by atoms with Gasteiger partial charge in [-0.15, -0.1) is 0 Å². The summed E-state index contributed by atoms with van der Waals surface area (Å²) < 4.78 is 5.45. The summed E-state index contributed by atoms with van der Waals surface area (Å²) in [4.78, 5) is 23.5. The molecule has 0 saturated heterocycles. The second-order valence-electron chi connectivity index (χ2n) is 7.95. The minimum atomic E-state index is -1.51. The summed E-state index contributed by atoms with van der Waals surface area (Å²) in [6, 6.07) is 1.46. The third-order valence-corrected chi connectivity index (χ3v) is 6.29. The summed E-state index contributed by atoms with van der Waals surface area (Å²) in [5.74, 6) is 0.699. The van der Waals surface area contributed by atoms with E-state index in [0.29, 0.717) is 30.1 Å². The molecule has 0 atom stereocenters. The lowest BCUT2D eigenvalue weighted by atomic mass is 10.2. The van der Waals surface area contributed by atoms with Crippen molar-refractivity contribution in [2.24, 2.45) is 5.92 Å². The van der Waals surface area contributed by atoms with Crippen LogP contribution in [0.3, 0.4) is 0 Å². The van der Waals surface area contributed by atoms with E-state index < -0.39 is 10.8 Å². The molecule has 3 N–H and O–H groups in total. The zero-order valence-corrected chi connectivity index (χ0v) is 18.1. The van der Waals surface area contributed by atoms with Crippen LogP contribution in [0.25, 0.3) is 0 Å². The first kappa shape index (κ1) is 21.1. The number of nitrogens with one attached hydrogen (secondary N) is 1. The number of carbonyl (C=O) groups is 1. The highest BCUT2D eigenvalue weighted by atomic mass is 32.1. The Kier molecular flexibility index (Phi) is 5.75. The van der Waals surface area contributed by atoms with E-state index >= 15 is 0 Å². The number of hydrogen-bond donors (Lipinski definition) is 3. The van der Waals surface area contributed by atoms with Crippen molar-refractivity contribution >= 4 is 33.9 Å². The quantitative estimate of drug-likeness (QED) is 0.449. The van der Waals surface area contributed by atoms with Crippen LogP contribution in [0, 0.1) is 5.92 Å². The number of nitrogens with zero attached hydrogens (tertiary/aromatic N) is 5. The van der Waals surface area contributed by atoms with E-state index in [2.05, 4.69) is 15.3 Å². The predicted molar refractivity (Wildman–Crippen MR) is 113 cm³/mol. The molecule has 4 rings (SSSR count). The molecule has 1 fully saturated rings. The molecule has 1 aliphatic carbocycles. The molecule has 0 unspecified atom stereocenters. The lowest BCUT2D eigenvalue weighted by Crippen LogP contribution is -2.53. The van der Waals surface area contributed by atoms with Gasteiger partial charge in [-0.2, -0.15) is 10.4 Å². The Bertz CT molecular complexity index is 920. The highest BCUT2D eigenvalue weighted by Gasteiger charge is 2.34. The molecule has 2 aliphatic rings. The topological polar surface area (TPSA) is 111 Å². The van der Waals surface area contributed by atoms with Gasteiger partial charge in [0.25, 0.3) is 5.91 Å². The number of thiazole rings is 1. The van der Waals surface area contributed by atoms with Gasteiger partial charge in [0.2, 0.25) is 5.69 Å². The summed E-state index contributed by atoms with van der Waals surface area (Å²) in [7, 11) is 4.91. The van der Waals surface area contributed by atoms with Crippen LogP contribution in [0.15, 0.2) is 12.3 Å². The summed E-state index contributed by atoms with van der Waals surface area (Å²) in [5, 5.41) is 25.3. The predicted octanol–water partition coefficient (Wildman–Crippen LogP) is 2.27. The van der Waals surface area contributed by atoms with Crippen LogP contribution in [0.2, 0.25) is 0 Å². The molecule has 162 valence electrons. The molecule has 1 aliphatic heterocycles. The number of hydrogen-bond acceptors (Lipinski definition) is 9. The fourth-order valence-corrected chi connectivity index (χ4v) is 4.27. The number of ether oxygens (including phenoxy) is 1. The van der Waals surface area contributed by atoms with Gasteiger partial charge < -0.3 is 9.64 Å². The third-order valence-electron chi connectivity index (χ3n) is 5.31. The maximum atomic E-state index is 13.2. The second-order valence-corrected chi connectivity index (χ2v) is 9.03. The first-order valence-electron chi connectivity index (χ1n) is 9.87. The van der Waals surface area contributed by atoms with Crippen LogP contribution >= 0.6 is 11.3 Å². The molecule has 1 amide bonds. The zero-order valence-electron chi connectivity index (χ0n) is 17.3. The van der Waals surface area contributed by atoms with Gasteiger partial charge in [-0.1, -0.05) is 16.3 Å². The normalized spacial score (nSPS) is 16.5. The largest absolute Gasteiger partial charge is 0.375 e. The molecule has 3 heterocycles. The minimum absolute atomic E-state index is 0.0561. The van der Waals surface area contributed by atoms with Gasteiger partial charge in [-0.05, 0) is 18.8 Å². The molecule has 1 saturated carbocycles.